The lowest BCUT2D eigenvalue weighted by molar-refractivity contribution is 0.609. The molecule has 0 aliphatic heterocycles. The molecule has 0 nitrogen and oxygen atoms in total. The molecule has 0 unspecified atom stereocenters. The predicted molar refractivity (Wildman–Crippen MR) is 42.9 cm³/mol. The van der Waals surface area contributed by atoms with Crippen LogP contribution in [0.15, 0.2) is 0 Å². The van der Waals surface area contributed by atoms with Crippen LogP contribution in [0.4, 0.5) is 8.22 Å². The summed E-state index contributed by atoms with van der Waals surface area (Å²) in [5.41, 5.74) is 0. The normalized spacial score (nSPS) is 10.8. The number of hydrogen-bond acceptors (Lipinski definition) is 0. The molecule has 0 atom stereocenters. The molecule has 62 valence electrons. The number of rotatable bonds is 6. The maximum atomic E-state index is 11.7. The Morgan fingerprint density at radius 1 is 1.00 bits per heavy atom. The van der Waals surface area contributed by atoms with Crippen LogP contribution in [-0.2, 0) is 0 Å². The minimum atomic E-state index is -3.22. The summed E-state index contributed by atoms with van der Waals surface area (Å²) in [6, 6.07) is 0.226. The first-order valence-electron chi connectivity index (χ1n) is 4.05. The fourth-order valence-electron chi connectivity index (χ4n) is 0.902. The van der Waals surface area contributed by atoms with E-state index in [-0.39, 0.29) is 6.04 Å². The Balaban J connectivity index is 2.77. The van der Waals surface area contributed by atoms with Crippen molar-refractivity contribution in [2.75, 3.05) is 0 Å². The van der Waals surface area contributed by atoms with E-state index in [4.69, 9.17) is 0 Å². The summed E-state index contributed by atoms with van der Waals surface area (Å²) in [5, 5.41) is 0. The third-order valence-corrected chi connectivity index (χ3v) is 2.37. The second-order valence-electron chi connectivity index (χ2n) is 2.59. The Hall–Kier alpha value is 0.0769. The largest absolute Gasteiger partial charge is 0.411 e. The Morgan fingerprint density at radius 2 is 1.60 bits per heavy atom. The van der Waals surface area contributed by atoms with Crippen LogP contribution in [0, 0.1) is 0 Å². The molecular formula is C7H16F2Si. The third-order valence-electron chi connectivity index (χ3n) is 1.53. The molecule has 0 amide bonds. The summed E-state index contributed by atoms with van der Waals surface area (Å²) in [6.45, 7) is 2.13. The maximum absolute atomic E-state index is 11.7. The molecule has 0 aromatic carbocycles. The first kappa shape index (κ1) is 10.1. The Bertz CT molecular complexity index is 66.6. The molecule has 0 aliphatic carbocycles. The topological polar surface area (TPSA) is 0 Å². The van der Waals surface area contributed by atoms with Gasteiger partial charge in [-0.1, -0.05) is 39.0 Å². The van der Waals surface area contributed by atoms with Crippen molar-refractivity contribution in [3.05, 3.63) is 0 Å². The van der Waals surface area contributed by atoms with Crippen molar-refractivity contribution >= 4 is 9.46 Å². The quantitative estimate of drug-likeness (QED) is 0.323. The number of unbranched alkanes of at least 4 members (excludes halogenated alkanes) is 4. The molecule has 0 saturated heterocycles. The van der Waals surface area contributed by atoms with Gasteiger partial charge in [-0.15, -0.1) is 0 Å². The zero-order valence-electron chi connectivity index (χ0n) is 6.58. The highest BCUT2D eigenvalue weighted by atomic mass is 28.4. The van der Waals surface area contributed by atoms with Crippen LogP contribution in [0.1, 0.15) is 39.0 Å². The Labute approximate surface area is 63.6 Å². The van der Waals surface area contributed by atoms with Crippen LogP contribution in [-0.4, -0.2) is 9.46 Å². The first-order valence-corrected chi connectivity index (χ1v) is 5.74. The van der Waals surface area contributed by atoms with Gasteiger partial charge in [-0.2, -0.15) is 0 Å². The molecule has 0 spiro atoms. The molecule has 0 aliphatic rings. The zero-order chi connectivity index (χ0) is 7.82. The van der Waals surface area contributed by atoms with Crippen LogP contribution in [0.2, 0.25) is 6.04 Å². The van der Waals surface area contributed by atoms with E-state index in [2.05, 4.69) is 6.92 Å². The van der Waals surface area contributed by atoms with Gasteiger partial charge in [0.2, 0.25) is 0 Å². The maximum Gasteiger partial charge on any atom is 0.411 e. The van der Waals surface area contributed by atoms with E-state index in [1.165, 1.54) is 12.8 Å². The molecule has 3 heteroatoms. The first-order chi connectivity index (χ1) is 4.77. The molecule has 0 N–H and O–H groups in total. The van der Waals surface area contributed by atoms with Gasteiger partial charge in [-0.3, -0.25) is 8.22 Å². The van der Waals surface area contributed by atoms with Crippen LogP contribution >= 0.6 is 0 Å². The molecule has 10 heavy (non-hydrogen) atoms. The Kier molecular flexibility index (Phi) is 7.24. The van der Waals surface area contributed by atoms with Crippen molar-refractivity contribution in [3.63, 3.8) is 0 Å². The van der Waals surface area contributed by atoms with Gasteiger partial charge in [0.25, 0.3) is 0 Å². The van der Waals surface area contributed by atoms with E-state index in [1.54, 1.807) is 0 Å². The van der Waals surface area contributed by atoms with Crippen LogP contribution in [0.3, 0.4) is 0 Å². The lowest BCUT2D eigenvalue weighted by Gasteiger charge is -1.96. The summed E-state index contributed by atoms with van der Waals surface area (Å²) >= 11 is 0. The average Bonchev–Trinajstić information content (AvgIpc) is 1.87. The highest BCUT2D eigenvalue weighted by molar-refractivity contribution is 6.42. The fourth-order valence-corrected chi connectivity index (χ4v) is 1.50. The molecule has 0 bridgehead atoms. The molecule has 0 aromatic heterocycles. The van der Waals surface area contributed by atoms with Crippen LogP contribution in [0.5, 0.6) is 0 Å². The van der Waals surface area contributed by atoms with Crippen molar-refractivity contribution in [1.29, 1.82) is 0 Å². The highest BCUT2D eigenvalue weighted by Gasteiger charge is 2.04. The highest BCUT2D eigenvalue weighted by Crippen LogP contribution is 2.08. The van der Waals surface area contributed by atoms with Gasteiger partial charge < -0.3 is 0 Å². The monoisotopic (exact) mass is 166 g/mol. The van der Waals surface area contributed by atoms with Crippen molar-refractivity contribution in [3.8, 4) is 0 Å². The van der Waals surface area contributed by atoms with Crippen LogP contribution in [0.25, 0.3) is 0 Å². The van der Waals surface area contributed by atoms with Gasteiger partial charge >= 0.3 is 9.46 Å². The summed E-state index contributed by atoms with van der Waals surface area (Å²) in [5.74, 6) is 0. The predicted octanol–water partition coefficient (Wildman–Crippen LogP) is 3.12. The molecule has 0 fully saturated rings. The fraction of sp³-hybridized carbons (Fsp3) is 1.00. The molecule has 0 rings (SSSR count). The smallest absolute Gasteiger partial charge is 0.275 e. The molecule has 0 saturated carbocycles. The second kappa shape index (κ2) is 7.19. The summed E-state index contributed by atoms with van der Waals surface area (Å²) < 4.78 is 23.4. The van der Waals surface area contributed by atoms with E-state index in [0.29, 0.717) is 0 Å². The zero-order valence-corrected chi connectivity index (χ0v) is 7.73. The van der Waals surface area contributed by atoms with Gasteiger partial charge in [0.15, 0.2) is 0 Å². The minimum absolute atomic E-state index is 0.226. The van der Waals surface area contributed by atoms with Crippen LogP contribution < -0.4 is 0 Å². The van der Waals surface area contributed by atoms with Crippen molar-refractivity contribution < 1.29 is 8.22 Å². The van der Waals surface area contributed by atoms with Gasteiger partial charge in [0.1, 0.15) is 0 Å². The summed E-state index contributed by atoms with van der Waals surface area (Å²) in [4.78, 5) is 0. The van der Waals surface area contributed by atoms with Crippen molar-refractivity contribution in [2.24, 2.45) is 0 Å². The standard InChI is InChI=1S/C7H16F2Si/c1-2-3-4-5-6-7-10(8)9/h10H,2-7H2,1H3. The van der Waals surface area contributed by atoms with E-state index >= 15 is 0 Å². The molecule has 0 radical (unpaired) electrons. The lowest BCUT2D eigenvalue weighted by Crippen LogP contribution is -1.94. The van der Waals surface area contributed by atoms with Gasteiger partial charge in [-0.25, -0.2) is 0 Å². The summed E-state index contributed by atoms with van der Waals surface area (Å²) in [6.07, 6.45) is 5.28. The second-order valence-corrected chi connectivity index (χ2v) is 3.95. The minimum Gasteiger partial charge on any atom is -0.275 e. The van der Waals surface area contributed by atoms with Crippen molar-refractivity contribution in [1.82, 2.24) is 0 Å². The van der Waals surface area contributed by atoms with Gasteiger partial charge in [0, 0.05) is 0 Å². The van der Waals surface area contributed by atoms with E-state index < -0.39 is 9.46 Å². The van der Waals surface area contributed by atoms with Gasteiger partial charge in [0.05, 0.1) is 0 Å². The average molecular weight is 166 g/mol. The van der Waals surface area contributed by atoms with E-state index in [9.17, 15) is 8.22 Å². The summed E-state index contributed by atoms with van der Waals surface area (Å²) in [7, 11) is -3.22. The SMILES string of the molecule is CCCCCCC[SiH](F)F. The third kappa shape index (κ3) is 8.08. The Morgan fingerprint density at radius 3 is 2.10 bits per heavy atom. The number of halogens is 2. The van der Waals surface area contributed by atoms with E-state index in [1.807, 2.05) is 0 Å². The lowest BCUT2D eigenvalue weighted by atomic mass is 10.2. The van der Waals surface area contributed by atoms with E-state index in [0.717, 1.165) is 19.3 Å². The molecule has 0 aromatic rings. The number of hydrogen-bond donors (Lipinski definition) is 0. The van der Waals surface area contributed by atoms with Crippen molar-refractivity contribution in [2.45, 2.75) is 45.1 Å². The molecule has 0 heterocycles. The molecular weight excluding hydrogens is 150 g/mol. The van der Waals surface area contributed by atoms with Gasteiger partial charge in [-0.05, 0) is 6.04 Å².